The number of allylic oxidation sites excluding steroid dienone is 1. The Kier molecular flexibility index (Phi) is 4.01. The fourth-order valence-corrected chi connectivity index (χ4v) is 0.531. The van der Waals surface area contributed by atoms with E-state index in [1.807, 2.05) is 12.3 Å². The molecule has 0 N–H and O–H groups in total. The Hall–Kier alpha value is -0.590. The second kappa shape index (κ2) is 4.26. The molecule has 1 nitrogen and oxygen atoms in total. The van der Waals surface area contributed by atoms with Crippen LogP contribution in [0.2, 0.25) is 0 Å². The maximum atomic E-state index is 4.32. The van der Waals surface area contributed by atoms with Crippen molar-refractivity contribution in [3.05, 3.63) is 12.7 Å². The molecule has 0 aromatic heterocycles. The van der Waals surface area contributed by atoms with Gasteiger partial charge in [0.05, 0.1) is 5.54 Å². The lowest BCUT2D eigenvalue weighted by Crippen LogP contribution is -2.09. The first-order chi connectivity index (χ1) is 4.56. The molecule has 0 saturated carbocycles. The molecule has 0 spiro atoms. The molecule has 0 heterocycles. The van der Waals surface area contributed by atoms with E-state index in [4.69, 9.17) is 0 Å². The van der Waals surface area contributed by atoms with Crippen molar-refractivity contribution in [2.45, 2.75) is 39.2 Å². The molecule has 0 saturated heterocycles. The summed E-state index contributed by atoms with van der Waals surface area (Å²) in [6.07, 6.45) is 5.93. The van der Waals surface area contributed by atoms with Crippen molar-refractivity contribution in [1.82, 2.24) is 0 Å². The average molecular weight is 139 g/mol. The number of rotatable bonds is 3. The van der Waals surface area contributed by atoms with Gasteiger partial charge in [0.1, 0.15) is 0 Å². The minimum Gasteiger partial charge on any atom is -0.292 e. The smallest absolute Gasteiger partial charge is 0.0520 e. The molecule has 0 aromatic rings. The summed E-state index contributed by atoms with van der Waals surface area (Å²) in [5, 5.41) is 0. The highest BCUT2D eigenvalue weighted by molar-refractivity contribution is 5.57. The van der Waals surface area contributed by atoms with Crippen LogP contribution in [0.4, 0.5) is 0 Å². The maximum Gasteiger partial charge on any atom is 0.0520 e. The molecular weight excluding hydrogens is 122 g/mol. The molecule has 0 fully saturated rings. The summed E-state index contributed by atoms with van der Waals surface area (Å²) in [6.45, 7) is 9.92. The third-order valence-electron chi connectivity index (χ3n) is 0.978. The molecule has 0 unspecified atom stereocenters. The fourth-order valence-electron chi connectivity index (χ4n) is 0.531. The van der Waals surface area contributed by atoms with Gasteiger partial charge in [-0.1, -0.05) is 6.08 Å². The molecule has 58 valence electrons. The van der Waals surface area contributed by atoms with Crippen LogP contribution in [-0.4, -0.2) is 11.8 Å². The van der Waals surface area contributed by atoms with Crippen molar-refractivity contribution < 1.29 is 0 Å². The van der Waals surface area contributed by atoms with Crippen molar-refractivity contribution in [2.24, 2.45) is 4.99 Å². The molecule has 0 radical (unpaired) electrons. The highest BCUT2D eigenvalue weighted by Gasteiger charge is 2.03. The minimum atomic E-state index is 0.0845. The van der Waals surface area contributed by atoms with Crippen LogP contribution >= 0.6 is 0 Å². The van der Waals surface area contributed by atoms with Gasteiger partial charge in [0.25, 0.3) is 0 Å². The Morgan fingerprint density at radius 2 is 1.90 bits per heavy atom. The summed E-state index contributed by atoms with van der Waals surface area (Å²) in [4.78, 5) is 4.32. The Bertz CT molecular complexity index is 117. The summed E-state index contributed by atoms with van der Waals surface area (Å²) >= 11 is 0. The van der Waals surface area contributed by atoms with Gasteiger partial charge in [-0.2, -0.15) is 0 Å². The first-order valence-corrected chi connectivity index (χ1v) is 3.71. The van der Waals surface area contributed by atoms with E-state index in [2.05, 4.69) is 32.3 Å². The highest BCUT2D eigenvalue weighted by Crippen LogP contribution is 2.04. The van der Waals surface area contributed by atoms with Crippen LogP contribution in [0.1, 0.15) is 33.6 Å². The lowest BCUT2D eigenvalue weighted by atomic mass is 10.1. The second-order valence-corrected chi connectivity index (χ2v) is 3.35. The summed E-state index contributed by atoms with van der Waals surface area (Å²) in [6, 6.07) is 0. The lowest BCUT2D eigenvalue weighted by Gasteiger charge is -2.10. The molecule has 0 rings (SSSR count). The van der Waals surface area contributed by atoms with Crippen LogP contribution in [0.5, 0.6) is 0 Å². The number of aliphatic imine (C=N–C) groups is 1. The Labute approximate surface area is 63.9 Å². The van der Waals surface area contributed by atoms with Crippen LogP contribution in [-0.2, 0) is 0 Å². The van der Waals surface area contributed by atoms with E-state index in [0.717, 1.165) is 12.8 Å². The summed E-state index contributed by atoms with van der Waals surface area (Å²) in [5.41, 5.74) is 0.0845. The van der Waals surface area contributed by atoms with Gasteiger partial charge in [0.15, 0.2) is 0 Å². The van der Waals surface area contributed by atoms with Gasteiger partial charge in [-0.3, -0.25) is 4.99 Å². The van der Waals surface area contributed by atoms with Gasteiger partial charge in [-0.05, 0) is 39.8 Å². The number of hydrogen-bond acceptors (Lipinski definition) is 1. The van der Waals surface area contributed by atoms with Crippen molar-refractivity contribution in [3.8, 4) is 0 Å². The van der Waals surface area contributed by atoms with E-state index in [1.54, 1.807) is 0 Å². The van der Waals surface area contributed by atoms with Crippen molar-refractivity contribution >= 4 is 6.21 Å². The predicted molar refractivity (Wildman–Crippen MR) is 47.7 cm³/mol. The van der Waals surface area contributed by atoms with E-state index < -0.39 is 0 Å². The van der Waals surface area contributed by atoms with Crippen LogP contribution in [0.25, 0.3) is 0 Å². The first kappa shape index (κ1) is 9.41. The van der Waals surface area contributed by atoms with Gasteiger partial charge in [0.2, 0.25) is 0 Å². The molecule has 0 aliphatic carbocycles. The quantitative estimate of drug-likeness (QED) is 0.324. The number of hydrogen-bond donors (Lipinski definition) is 0. The highest BCUT2D eigenvalue weighted by atomic mass is 14.8. The summed E-state index contributed by atoms with van der Waals surface area (Å²) in [7, 11) is 0. The summed E-state index contributed by atoms with van der Waals surface area (Å²) < 4.78 is 0. The third kappa shape index (κ3) is 7.41. The Morgan fingerprint density at radius 1 is 1.30 bits per heavy atom. The Balaban J connectivity index is 3.46. The SMILES string of the molecule is C=CCCC=NC(C)(C)C. The molecule has 0 aromatic carbocycles. The normalized spacial score (nSPS) is 12.3. The van der Waals surface area contributed by atoms with Crippen LogP contribution in [0.3, 0.4) is 0 Å². The minimum absolute atomic E-state index is 0.0845. The largest absolute Gasteiger partial charge is 0.292 e. The van der Waals surface area contributed by atoms with Gasteiger partial charge >= 0.3 is 0 Å². The van der Waals surface area contributed by atoms with E-state index in [9.17, 15) is 0 Å². The molecule has 0 aliphatic heterocycles. The van der Waals surface area contributed by atoms with E-state index in [1.165, 1.54) is 0 Å². The fraction of sp³-hybridized carbons (Fsp3) is 0.667. The second-order valence-electron chi connectivity index (χ2n) is 3.35. The van der Waals surface area contributed by atoms with Crippen LogP contribution < -0.4 is 0 Å². The zero-order chi connectivity index (χ0) is 8.04. The summed E-state index contributed by atoms with van der Waals surface area (Å²) in [5.74, 6) is 0. The van der Waals surface area contributed by atoms with Crippen molar-refractivity contribution in [2.75, 3.05) is 0 Å². The molecule has 10 heavy (non-hydrogen) atoms. The number of nitrogens with zero attached hydrogens (tertiary/aromatic N) is 1. The van der Waals surface area contributed by atoms with Gasteiger partial charge < -0.3 is 0 Å². The molecular formula is C9H17N. The zero-order valence-electron chi connectivity index (χ0n) is 7.22. The third-order valence-corrected chi connectivity index (χ3v) is 0.978. The molecule has 0 aliphatic rings. The van der Waals surface area contributed by atoms with Crippen LogP contribution in [0.15, 0.2) is 17.6 Å². The topological polar surface area (TPSA) is 12.4 Å². The standard InChI is InChI=1S/C9H17N/c1-5-6-7-8-10-9(2,3)4/h5,8H,1,6-7H2,2-4H3. The van der Waals surface area contributed by atoms with E-state index >= 15 is 0 Å². The molecule has 0 bridgehead atoms. The molecule has 0 amide bonds. The van der Waals surface area contributed by atoms with Crippen molar-refractivity contribution in [3.63, 3.8) is 0 Å². The Morgan fingerprint density at radius 3 is 2.30 bits per heavy atom. The van der Waals surface area contributed by atoms with E-state index in [0.29, 0.717) is 0 Å². The zero-order valence-corrected chi connectivity index (χ0v) is 7.22. The number of unbranched alkanes of at least 4 members (excludes halogenated alkanes) is 1. The van der Waals surface area contributed by atoms with Gasteiger partial charge in [-0.25, -0.2) is 0 Å². The predicted octanol–water partition coefficient (Wildman–Crippen LogP) is 2.82. The molecule has 1 heteroatoms. The molecule has 0 atom stereocenters. The van der Waals surface area contributed by atoms with Gasteiger partial charge in [0, 0.05) is 0 Å². The van der Waals surface area contributed by atoms with E-state index in [-0.39, 0.29) is 5.54 Å². The maximum absolute atomic E-state index is 4.32. The van der Waals surface area contributed by atoms with Crippen molar-refractivity contribution in [1.29, 1.82) is 0 Å². The lowest BCUT2D eigenvalue weighted by molar-refractivity contribution is 0.585. The average Bonchev–Trinajstić information content (AvgIpc) is 1.78. The van der Waals surface area contributed by atoms with Crippen LogP contribution in [0, 0.1) is 0 Å². The van der Waals surface area contributed by atoms with Gasteiger partial charge in [-0.15, -0.1) is 6.58 Å². The monoisotopic (exact) mass is 139 g/mol. The first-order valence-electron chi connectivity index (χ1n) is 3.71.